The molecule has 3 aliphatic rings. The summed E-state index contributed by atoms with van der Waals surface area (Å²) >= 11 is 0. The molecule has 2 aromatic heterocycles. The number of fused-ring (bicyclic) bond motifs is 2. The molecule has 1 saturated carbocycles. The Kier molecular flexibility index (Phi) is 6.06. The lowest BCUT2D eigenvalue weighted by Gasteiger charge is -2.35. The average molecular weight is 556 g/mol. The first-order valence-electron chi connectivity index (χ1n) is 14.2. The van der Waals surface area contributed by atoms with E-state index in [4.69, 9.17) is 5.73 Å². The molecule has 4 heterocycles. The molecule has 7 rings (SSSR count). The molecule has 2 fully saturated rings. The molecule has 0 spiro atoms. The molecule has 1 aliphatic carbocycles. The molecule has 0 bridgehead atoms. The van der Waals surface area contributed by atoms with Gasteiger partial charge in [-0.3, -0.25) is 9.59 Å². The zero-order valence-corrected chi connectivity index (χ0v) is 22.8. The van der Waals surface area contributed by atoms with Crippen LogP contribution in [0, 0.1) is 17.6 Å². The van der Waals surface area contributed by atoms with Crippen LogP contribution in [0.2, 0.25) is 0 Å². The standard InChI is InChI=1S/C32H31F2N5O2/c1-18-23-5-3-2-4-19(23)11-13-38(18)32(41)25-15-28(20-6-7-20)39-29(30(25)34)16-27(36-39)24-9-8-22(14-26(24)33)37-12-10-21(17-37)31(35)40/h2-5,8-9,14-16,18,20-21H,6-7,10-13,17H2,1H3,(H2,35,40)/t18-,21?/m1/s1. The van der Waals surface area contributed by atoms with E-state index in [1.807, 2.05) is 30.0 Å². The van der Waals surface area contributed by atoms with Crippen molar-refractivity contribution >= 4 is 23.0 Å². The second-order valence-electron chi connectivity index (χ2n) is 11.5. The lowest BCUT2D eigenvalue weighted by Crippen LogP contribution is -2.39. The van der Waals surface area contributed by atoms with Crippen LogP contribution in [-0.2, 0) is 11.2 Å². The van der Waals surface area contributed by atoms with Crippen molar-refractivity contribution in [2.24, 2.45) is 11.7 Å². The van der Waals surface area contributed by atoms with Crippen molar-refractivity contribution in [2.45, 2.75) is 44.6 Å². The minimum atomic E-state index is -0.643. The molecule has 9 heteroatoms. The Morgan fingerprint density at radius 1 is 1.00 bits per heavy atom. The van der Waals surface area contributed by atoms with Gasteiger partial charge in [0.15, 0.2) is 5.82 Å². The van der Waals surface area contributed by atoms with Crippen molar-refractivity contribution in [3.8, 4) is 11.3 Å². The van der Waals surface area contributed by atoms with E-state index in [0.29, 0.717) is 37.4 Å². The number of primary amides is 1. The van der Waals surface area contributed by atoms with Crippen LogP contribution < -0.4 is 10.6 Å². The third-order valence-electron chi connectivity index (χ3n) is 8.97. The quantitative estimate of drug-likeness (QED) is 0.366. The number of nitrogens with two attached hydrogens (primary N) is 1. The number of amides is 2. The highest BCUT2D eigenvalue weighted by Crippen LogP contribution is 2.42. The Labute approximate surface area is 236 Å². The minimum Gasteiger partial charge on any atom is -0.371 e. The average Bonchev–Trinajstić information content (AvgIpc) is 3.50. The number of pyridine rings is 1. The van der Waals surface area contributed by atoms with Gasteiger partial charge in [-0.2, -0.15) is 5.10 Å². The summed E-state index contributed by atoms with van der Waals surface area (Å²) in [7, 11) is 0. The second kappa shape index (κ2) is 9.68. The lowest BCUT2D eigenvalue weighted by molar-refractivity contribution is -0.121. The molecule has 1 unspecified atom stereocenters. The topological polar surface area (TPSA) is 83.9 Å². The van der Waals surface area contributed by atoms with Crippen molar-refractivity contribution in [3.05, 3.63) is 88.6 Å². The summed E-state index contributed by atoms with van der Waals surface area (Å²) < 4.78 is 33.1. The maximum absolute atomic E-state index is 16.1. The first-order chi connectivity index (χ1) is 19.8. The van der Waals surface area contributed by atoms with E-state index >= 15 is 8.78 Å². The molecule has 210 valence electrons. The highest BCUT2D eigenvalue weighted by atomic mass is 19.1. The minimum absolute atomic E-state index is 0.0333. The summed E-state index contributed by atoms with van der Waals surface area (Å²) in [5.41, 5.74) is 9.93. The van der Waals surface area contributed by atoms with Crippen LogP contribution in [0.25, 0.3) is 16.8 Å². The highest BCUT2D eigenvalue weighted by molar-refractivity contribution is 5.96. The van der Waals surface area contributed by atoms with Crippen LogP contribution in [0.5, 0.6) is 0 Å². The van der Waals surface area contributed by atoms with Crippen LogP contribution in [0.4, 0.5) is 14.5 Å². The monoisotopic (exact) mass is 555 g/mol. The van der Waals surface area contributed by atoms with E-state index in [9.17, 15) is 9.59 Å². The fraction of sp³-hybridized carbons (Fsp3) is 0.344. The van der Waals surface area contributed by atoms with Crippen LogP contribution >= 0.6 is 0 Å². The number of hydrogen-bond acceptors (Lipinski definition) is 4. The van der Waals surface area contributed by atoms with Gasteiger partial charge in [0, 0.05) is 42.5 Å². The maximum atomic E-state index is 16.1. The zero-order valence-electron chi connectivity index (χ0n) is 22.8. The van der Waals surface area contributed by atoms with Gasteiger partial charge in [-0.15, -0.1) is 0 Å². The van der Waals surface area contributed by atoms with Crippen molar-refractivity contribution in [3.63, 3.8) is 0 Å². The number of benzene rings is 2. The number of hydrogen-bond donors (Lipinski definition) is 1. The van der Waals surface area contributed by atoms with E-state index in [1.165, 1.54) is 17.7 Å². The smallest absolute Gasteiger partial charge is 0.257 e. The summed E-state index contributed by atoms with van der Waals surface area (Å²) in [6, 6.07) is 15.9. The largest absolute Gasteiger partial charge is 0.371 e. The van der Waals surface area contributed by atoms with Crippen LogP contribution in [-0.4, -0.2) is 46.0 Å². The van der Waals surface area contributed by atoms with E-state index in [1.54, 1.807) is 27.6 Å². The van der Waals surface area contributed by atoms with Gasteiger partial charge >= 0.3 is 0 Å². The summed E-state index contributed by atoms with van der Waals surface area (Å²) in [5, 5.41) is 4.62. The Hall–Kier alpha value is -4.27. The second-order valence-corrected chi connectivity index (χ2v) is 11.5. The Morgan fingerprint density at radius 2 is 1.80 bits per heavy atom. The van der Waals surface area contributed by atoms with Gasteiger partial charge in [-0.05, 0) is 74.1 Å². The van der Waals surface area contributed by atoms with Gasteiger partial charge in [0.25, 0.3) is 5.91 Å². The highest BCUT2D eigenvalue weighted by Gasteiger charge is 2.34. The fourth-order valence-corrected chi connectivity index (χ4v) is 6.44. The van der Waals surface area contributed by atoms with Gasteiger partial charge < -0.3 is 15.5 Å². The molecule has 0 radical (unpaired) electrons. The number of rotatable bonds is 5. The van der Waals surface area contributed by atoms with Gasteiger partial charge in [0.1, 0.15) is 11.3 Å². The summed E-state index contributed by atoms with van der Waals surface area (Å²) in [4.78, 5) is 29.0. The summed E-state index contributed by atoms with van der Waals surface area (Å²) in [6.07, 6.45) is 3.22. The molecule has 2 atom stereocenters. The summed E-state index contributed by atoms with van der Waals surface area (Å²) in [5.74, 6) is -1.89. The van der Waals surface area contributed by atoms with E-state index in [0.717, 1.165) is 30.5 Å². The van der Waals surface area contributed by atoms with Crippen LogP contribution in [0.1, 0.15) is 65.3 Å². The predicted octanol–water partition coefficient (Wildman–Crippen LogP) is 5.23. The van der Waals surface area contributed by atoms with Crippen molar-refractivity contribution in [1.29, 1.82) is 0 Å². The van der Waals surface area contributed by atoms with Gasteiger partial charge in [0.05, 0.1) is 23.2 Å². The molecule has 2 amide bonds. The lowest BCUT2D eigenvalue weighted by atomic mass is 9.93. The van der Waals surface area contributed by atoms with E-state index < -0.39 is 11.6 Å². The number of carbonyl (C=O) groups is 2. The van der Waals surface area contributed by atoms with Crippen molar-refractivity contribution in [2.75, 3.05) is 24.5 Å². The number of anilines is 1. The molecule has 41 heavy (non-hydrogen) atoms. The maximum Gasteiger partial charge on any atom is 0.257 e. The van der Waals surface area contributed by atoms with E-state index in [-0.39, 0.29) is 46.3 Å². The van der Waals surface area contributed by atoms with Crippen molar-refractivity contribution < 1.29 is 18.4 Å². The van der Waals surface area contributed by atoms with E-state index in [2.05, 4.69) is 11.2 Å². The number of halogens is 2. The third-order valence-corrected chi connectivity index (χ3v) is 8.97. The SMILES string of the molecule is C[C@@H]1c2ccccc2CCN1C(=O)c1cc(C2CC2)n2nc(-c3ccc(N4CCC(C(N)=O)C4)cc3F)cc2c1F. The fourth-order valence-electron chi connectivity index (χ4n) is 6.44. The van der Waals surface area contributed by atoms with Crippen LogP contribution in [0.3, 0.4) is 0 Å². The zero-order chi connectivity index (χ0) is 28.4. The number of nitrogens with zero attached hydrogens (tertiary/aromatic N) is 4. The molecule has 4 aromatic rings. The first-order valence-corrected chi connectivity index (χ1v) is 14.2. The molecule has 2 aromatic carbocycles. The molecule has 2 aliphatic heterocycles. The van der Waals surface area contributed by atoms with Crippen LogP contribution in [0.15, 0.2) is 54.6 Å². The molecule has 2 N–H and O–H groups in total. The van der Waals surface area contributed by atoms with Gasteiger partial charge in [-0.1, -0.05) is 24.3 Å². The number of carbonyl (C=O) groups excluding carboxylic acids is 2. The molecule has 1 saturated heterocycles. The molecular weight excluding hydrogens is 524 g/mol. The normalized spacial score (nSPS) is 20.5. The van der Waals surface area contributed by atoms with Gasteiger partial charge in [0.2, 0.25) is 5.91 Å². The Balaban J connectivity index is 1.24. The number of aromatic nitrogens is 2. The van der Waals surface area contributed by atoms with Crippen molar-refractivity contribution in [1.82, 2.24) is 14.5 Å². The Bertz CT molecular complexity index is 1710. The Morgan fingerprint density at radius 3 is 2.54 bits per heavy atom. The molecular formula is C32H31F2N5O2. The predicted molar refractivity (Wildman–Crippen MR) is 152 cm³/mol. The van der Waals surface area contributed by atoms with Gasteiger partial charge in [-0.25, -0.2) is 13.3 Å². The first kappa shape index (κ1) is 25.7. The third kappa shape index (κ3) is 4.34. The molecule has 7 nitrogen and oxygen atoms in total. The summed E-state index contributed by atoms with van der Waals surface area (Å²) in [6.45, 7) is 3.57.